The SMILES string of the molecule is CCNCc1cc(S(=O)(=O)Nc2nccnn2)c[nH]1. The number of sulfonamides is 1. The van der Waals surface area contributed by atoms with Crippen LogP contribution < -0.4 is 10.0 Å². The van der Waals surface area contributed by atoms with Crippen LogP contribution in [-0.2, 0) is 16.6 Å². The van der Waals surface area contributed by atoms with E-state index in [1.807, 2.05) is 6.92 Å². The van der Waals surface area contributed by atoms with Crippen molar-refractivity contribution in [2.24, 2.45) is 0 Å². The van der Waals surface area contributed by atoms with Crippen molar-refractivity contribution >= 4 is 16.0 Å². The summed E-state index contributed by atoms with van der Waals surface area (Å²) in [6.07, 6.45) is 4.15. The van der Waals surface area contributed by atoms with Crippen molar-refractivity contribution in [2.45, 2.75) is 18.4 Å². The van der Waals surface area contributed by atoms with Crippen molar-refractivity contribution in [3.63, 3.8) is 0 Å². The van der Waals surface area contributed by atoms with Gasteiger partial charge in [-0.05, 0) is 12.6 Å². The minimum Gasteiger partial charge on any atom is -0.363 e. The molecule has 19 heavy (non-hydrogen) atoms. The second kappa shape index (κ2) is 5.76. The average Bonchev–Trinajstić information content (AvgIpc) is 2.86. The first-order chi connectivity index (χ1) is 9.12. The Balaban J connectivity index is 2.13. The van der Waals surface area contributed by atoms with Crippen molar-refractivity contribution in [1.29, 1.82) is 0 Å². The van der Waals surface area contributed by atoms with Gasteiger partial charge in [0.2, 0.25) is 0 Å². The molecule has 2 aromatic rings. The molecule has 0 saturated heterocycles. The monoisotopic (exact) mass is 282 g/mol. The molecule has 2 heterocycles. The molecule has 0 aliphatic rings. The number of aromatic amines is 1. The molecule has 0 unspecified atom stereocenters. The van der Waals surface area contributed by atoms with Gasteiger partial charge in [0.15, 0.2) is 0 Å². The predicted molar refractivity (Wildman–Crippen MR) is 68.8 cm³/mol. The van der Waals surface area contributed by atoms with Gasteiger partial charge in [-0.1, -0.05) is 6.92 Å². The lowest BCUT2D eigenvalue weighted by atomic mass is 10.4. The van der Waals surface area contributed by atoms with Gasteiger partial charge in [-0.25, -0.2) is 18.1 Å². The largest absolute Gasteiger partial charge is 0.363 e. The molecule has 0 spiro atoms. The summed E-state index contributed by atoms with van der Waals surface area (Å²) in [5, 5.41) is 10.2. The minimum atomic E-state index is -3.69. The Morgan fingerprint density at radius 1 is 1.37 bits per heavy atom. The molecule has 2 aromatic heterocycles. The van der Waals surface area contributed by atoms with Crippen LogP contribution in [0.3, 0.4) is 0 Å². The highest BCUT2D eigenvalue weighted by atomic mass is 32.2. The van der Waals surface area contributed by atoms with E-state index in [-0.39, 0.29) is 10.8 Å². The fourth-order valence-electron chi connectivity index (χ4n) is 1.41. The molecule has 3 N–H and O–H groups in total. The summed E-state index contributed by atoms with van der Waals surface area (Å²) < 4.78 is 26.3. The highest BCUT2D eigenvalue weighted by Crippen LogP contribution is 2.13. The van der Waals surface area contributed by atoms with Crippen molar-refractivity contribution in [3.05, 3.63) is 30.4 Å². The number of aromatic nitrogens is 4. The first kappa shape index (κ1) is 13.4. The van der Waals surface area contributed by atoms with E-state index in [0.29, 0.717) is 6.54 Å². The highest BCUT2D eigenvalue weighted by Gasteiger charge is 2.17. The molecule has 0 aliphatic carbocycles. The molecule has 102 valence electrons. The van der Waals surface area contributed by atoms with Crippen LogP contribution in [-0.4, -0.2) is 35.1 Å². The predicted octanol–water partition coefficient (Wildman–Crippen LogP) is 0.110. The summed E-state index contributed by atoms with van der Waals surface area (Å²) in [5.41, 5.74) is 0.786. The van der Waals surface area contributed by atoms with E-state index < -0.39 is 10.0 Å². The minimum absolute atomic E-state index is 0.0584. The number of nitrogens with one attached hydrogen (secondary N) is 3. The van der Waals surface area contributed by atoms with Crippen LogP contribution in [0.5, 0.6) is 0 Å². The maximum atomic E-state index is 12.0. The molecule has 2 rings (SSSR count). The van der Waals surface area contributed by atoms with E-state index in [2.05, 4.69) is 30.2 Å². The second-order valence-electron chi connectivity index (χ2n) is 3.71. The van der Waals surface area contributed by atoms with Gasteiger partial charge in [0.1, 0.15) is 4.90 Å². The van der Waals surface area contributed by atoms with Crippen LogP contribution in [0, 0.1) is 0 Å². The fraction of sp³-hybridized carbons (Fsp3) is 0.300. The topological polar surface area (TPSA) is 113 Å². The molecule has 0 radical (unpaired) electrons. The molecule has 0 aliphatic heterocycles. The number of rotatable bonds is 6. The Labute approximate surface area is 110 Å². The first-order valence-electron chi connectivity index (χ1n) is 5.66. The van der Waals surface area contributed by atoms with E-state index in [0.717, 1.165) is 12.2 Å². The molecule has 0 amide bonds. The zero-order valence-corrected chi connectivity index (χ0v) is 11.1. The van der Waals surface area contributed by atoms with Crippen molar-refractivity contribution in [2.75, 3.05) is 11.3 Å². The highest BCUT2D eigenvalue weighted by molar-refractivity contribution is 7.92. The Hall–Kier alpha value is -2.00. The summed E-state index contributed by atoms with van der Waals surface area (Å²) in [4.78, 5) is 6.79. The van der Waals surface area contributed by atoms with E-state index >= 15 is 0 Å². The number of nitrogens with zero attached hydrogens (tertiary/aromatic N) is 3. The number of hydrogen-bond acceptors (Lipinski definition) is 6. The summed E-state index contributed by atoms with van der Waals surface area (Å²) in [6.45, 7) is 3.36. The number of anilines is 1. The van der Waals surface area contributed by atoms with Gasteiger partial charge in [-0.3, -0.25) is 0 Å². The van der Waals surface area contributed by atoms with E-state index in [4.69, 9.17) is 0 Å². The van der Waals surface area contributed by atoms with Crippen LogP contribution in [0.2, 0.25) is 0 Å². The van der Waals surface area contributed by atoms with Gasteiger partial charge in [0, 0.05) is 18.4 Å². The van der Waals surface area contributed by atoms with Gasteiger partial charge < -0.3 is 10.3 Å². The Kier molecular flexibility index (Phi) is 4.07. The fourth-order valence-corrected chi connectivity index (χ4v) is 2.37. The Morgan fingerprint density at radius 2 is 2.21 bits per heavy atom. The van der Waals surface area contributed by atoms with Crippen molar-refractivity contribution in [3.8, 4) is 0 Å². The second-order valence-corrected chi connectivity index (χ2v) is 5.40. The Bertz CT molecular complexity index is 624. The molecule has 0 bridgehead atoms. The zero-order chi connectivity index (χ0) is 13.7. The van der Waals surface area contributed by atoms with Gasteiger partial charge in [0.05, 0.1) is 12.4 Å². The third kappa shape index (κ3) is 3.48. The summed E-state index contributed by atoms with van der Waals surface area (Å²) in [5.74, 6) is -0.0584. The number of H-pyrrole nitrogens is 1. The molecular weight excluding hydrogens is 268 g/mol. The van der Waals surface area contributed by atoms with Crippen molar-refractivity contribution in [1.82, 2.24) is 25.5 Å². The molecule has 0 atom stereocenters. The normalized spacial score (nSPS) is 11.4. The van der Waals surface area contributed by atoms with Crippen LogP contribution in [0.15, 0.2) is 29.6 Å². The molecule has 8 nitrogen and oxygen atoms in total. The lowest BCUT2D eigenvalue weighted by Gasteiger charge is -2.02. The standard InChI is InChI=1S/C10H14N6O2S/c1-2-11-6-8-5-9(7-13-8)19(17,18)16-10-12-3-4-14-15-10/h3-5,7,11,13H,2,6H2,1H3,(H,12,15,16). The summed E-state index contributed by atoms with van der Waals surface area (Å²) in [7, 11) is -3.69. The summed E-state index contributed by atoms with van der Waals surface area (Å²) >= 11 is 0. The van der Waals surface area contributed by atoms with Crippen LogP contribution in [0.25, 0.3) is 0 Å². The van der Waals surface area contributed by atoms with E-state index in [9.17, 15) is 8.42 Å². The smallest absolute Gasteiger partial charge is 0.265 e. The third-order valence-corrected chi connectivity index (χ3v) is 3.61. The zero-order valence-electron chi connectivity index (χ0n) is 10.3. The van der Waals surface area contributed by atoms with Gasteiger partial charge in [-0.2, -0.15) is 5.10 Å². The van der Waals surface area contributed by atoms with Crippen LogP contribution in [0.4, 0.5) is 5.95 Å². The van der Waals surface area contributed by atoms with Gasteiger partial charge >= 0.3 is 0 Å². The number of hydrogen-bond donors (Lipinski definition) is 3. The lowest BCUT2D eigenvalue weighted by Crippen LogP contribution is -2.15. The van der Waals surface area contributed by atoms with Gasteiger partial charge in [0.25, 0.3) is 16.0 Å². The van der Waals surface area contributed by atoms with E-state index in [1.54, 1.807) is 6.07 Å². The quantitative estimate of drug-likeness (QED) is 0.693. The van der Waals surface area contributed by atoms with Crippen molar-refractivity contribution < 1.29 is 8.42 Å². The van der Waals surface area contributed by atoms with Crippen LogP contribution >= 0.6 is 0 Å². The maximum Gasteiger partial charge on any atom is 0.265 e. The maximum absolute atomic E-state index is 12.0. The van der Waals surface area contributed by atoms with Gasteiger partial charge in [-0.15, -0.1) is 5.10 Å². The molecular formula is C10H14N6O2S. The third-order valence-electron chi connectivity index (χ3n) is 2.30. The molecule has 9 heteroatoms. The molecule has 0 fully saturated rings. The Morgan fingerprint density at radius 3 is 2.89 bits per heavy atom. The van der Waals surface area contributed by atoms with Crippen LogP contribution in [0.1, 0.15) is 12.6 Å². The molecule has 0 saturated carbocycles. The first-order valence-corrected chi connectivity index (χ1v) is 7.14. The van der Waals surface area contributed by atoms with E-state index in [1.165, 1.54) is 18.6 Å². The average molecular weight is 282 g/mol. The lowest BCUT2D eigenvalue weighted by molar-refractivity contribution is 0.600. The summed E-state index contributed by atoms with van der Waals surface area (Å²) in [6, 6.07) is 1.56. The molecule has 0 aromatic carbocycles.